The molecule has 2 aliphatic rings. The van der Waals surface area contributed by atoms with Gasteiger partial charge in [0.2, 0.25) is 0 Å². The van der Waals surface area contributed by atoms with Gasteiger partial charge in [-0.05, 0) is 48.8 Å². The molecule has 36 heavy (non-hydrogen) atoms. The van der Waals surface area contributed by atoms with E-state index in [0.29, 0.717) is 6.54 Å². The van der Waals surface area contributed by atoms with Crippen molar-refractivity contribution in [1.29, 1.82) is 0 Å². The third-order valence-electron chi connectivity index (χ3n) is 6.17. The van der Waals surface area contributed by atoms with Crippen LogP contribution in [0.1, 0.15) is 69.0 Å². The summed E-state index contributed by atoms with van der Waals surface area (Å²) < 4.78 is 43.1. The van der Waals surface area contributed by atoms with E-state index in [0.717, 1.165) is 48.5 Å². The van der Waals surface area contributed by atoms with E-state index < -0.39 is 11.6 Å². The number of hydrogen-bond donors (Lipinski definition) is 1. The van der Waals surface area contributed by atoms with Crippen LogP contribution in [-0.4, -0.2) is 19.8 Å². The van der Waals surface area contributed by atoms with Crippen molar-refractivity contribution in [2.75, 3.05) is 13.7 Å². The van der Waals surface area contributed by atoms with Gasteiger partial charge in [0.1, 0.15) is 24.2 Å². The van der Waals surface area contributed by atoms with Crippen LogP contribution in [-0.2, 0) is 11.3 Å². The lowest BCUT2D eigenvalue weighted by molar-refractivity contribution is 0.137. The topological polar surface area (TPSA) is 39.7 Å². The Morgan fingerprint density at radius 3 is 2.47 bits per heavy atom. The molecule has 2 aromatic rings. The standard InChI is InChI=1S/C24H31F2NO2.C5H6O.ClH/c1-3-4-5-6-7-8-19-14-23(20-11-10-18(28-2)15-24(20)29-19)27-16-17-9-12-21(25)22(26)13-17;1-2-4-6-5-3-1;/h9-13,15,19,23,27H,3-8,14,16H2,1-2H3;1-4H,5H2;1H. The van der Waals surface area contributed by atoms with Crippen LogP contribution < -0.4 is 14.8 Å². The largest absolute Gasteiger partial charge is 0.497 e. The smallest absolute Gasteiger partial charge is 0.159 e. The molecule has 2 aliphatic heterocycles. The number of unbranched alkanes of at least 4 members (excludes halogenated alkanes) is 4. The average molecular weight is 522 g/mol. The molecule has 0 saturated heterocycles. The number of ether oxygens (including phenoxy) is 3. The number of nitrogens with one attached hydrogen (secondary N) is 1. The van der Waals surface area contributed by atoms with Gasteiger partial charge in [-0.1, -0.05) is 50.8 Å². The Labute approximate surface area is 220 Å². The quantitative estimate of drug-likeness (QED) is 0.323. The monoisotopic (exact) mass is 521 g/mol. The van der Waals surface area contributed by atoms with Gasteiger partial charge in [-0.25, -0.2) is 8.78 Å². The summed E-state index contributed by atoms with van der Waals surface area (Å²) in [7, 11) is 1.65. The van der Waals surface area contributed by atoms with Gasteiger partial charge >= 0.3 is 0 Å². The molecule has 0 fully saturated rings. The summed E-state index contributed by atoms with van der Waals surface area (Å²) in [4.78, 5) is 0. The Balaban J connectivity index is 0.000000571. The van der Waals surface area contributed by atoms with Crippen molar-refractivity contribution in [3.8, 4) is 11.5 Å². The average Bonchev–Trinajstić information content (AvgIpc) is 2.90. The molecule has 7 heteroatoms. The summed E-state index contributed by atoms with van der Waals surface area (Å²) in [6.07, 6.45) is 15.6. The molecule has 2 atom stereocenters. The first-order valence-electron chi connectivity index (χ1n) is 12.6. The molecule has 2 aromatic carbocycles. The van der Waals surface area contributed by atoms with Crippen molar-refractivity contribution in [1.82, 2.24) is 5.32 Å². The van der Waals surface area contributed by atoms with E-state index in [1.54, 1.807) is 19.4 Å². The maximum absolute atomic E-state index is 13.5. The molecule has 2 heterocycles. The molecular weight excluding hydrogens is 484 g/mol. The number of halogens is 3. The predicted molar refractivity (Wildman–Crippen MR) is 143 cm³/mol. The van der Waals surface area contributed by atoms with E-state index in [-0.39, 0.29) is 24.6 Å². The third kappa shape index (κ3) is 9.47. The third-order valence-corrected chi connectivity index (χ3v) is 6.17. The molecular formula is C29H38ClF2NO3. The first-order chi connectivity index (χ1) is 17.1. The summed E-state index contributed by atoms with van der Waals surface area (Å²) in [5.74, 6) is -0.0181. The second-order valence-electron chi connectivity index (χ2n) is 8.85. The second kappa shape index (κ2) is 16.2. The molecule has 0 amide bonds. The molecule has 0 saturated carbocycles. The summed E-state index contributed by atoms with van der Waals surface area (Å²) in [6.45, 7) is 3.42. The fourth-order valence-electron chi connectivity index (χ4n) is 4.23. The van der Waals surface area contributed by atoms with Crippen LogP contribution in [0.5, 0.6) is 11.5 Å². The first-order valence-corrected chi connectivity index (χ1v) is 12.6. The highest BCUT2D eigenvalue weighted by Gasteiger charge is 2.28. The zero-order chi connectivity index (χ0) is 24.9. The van der Waals surface area contributed by atoms with Gasteiger partial charge in [0.25, 0.3) is 0 Å². The van der Waals surface area contributed by atoms with E-state index in [2.05, 4.69) is 12.2 Å². The Morgan fingerprint density at radius 1 is 1.00 bits per heavy atom. The van der Waals surface area contributed by atoms with Crippen molar-refractivity contribution in [2.24, 2.45) is 0 Å². The molecule has 0 aliphatic carbocycles. The highest BCUT2D eigenvalue weighted by Crippen LogP contribution is 2.38. The van der Waals surface area contributed by atoms with Gasteiger partial charge in [-0.2, -0.15) is 0 Å². The second-order valence-corrected chi connectivity index (χ2v) is 8.85. The maximum Gasteiger partial charge on any atom is 0.159 e. The van der Waals surface area contributed by atoms with Crippen LogP contribution in [0, 0.1) is 11.6 Å². The van der Waals surface area contributed by atoms with Gasteiger partial charge in [-0.15, -0.1) is 12.4 Å². The van der Waals surface area contributed by atoms with E-state index >= 15 is 0 Å². The van der Waals surface area contributed by atoms with Gasteiger partial charge in [0.05, 0.1) is 13.4 Å². The fraction of sp³-hybridized carbons (Fsp3) is 0.448. The van der Waals surface area contributed by atoms with Crippen LogP contribution >= 0.6 is 12.4 Å². The molecule has 0 aromatic heterocycles. The van der Waals surface area contributed by atoms with Gasteiger partial charge in [0.15, 0.2) is 11.6 Å². The number of rotatable bonds is 10. The van der Waals surface area contributed by atoms with Crippen LogP contribution in [0.3, 0.4) is 0 Å². The van der Waals surface area contributed by atoms with Crippen molar-refractivity contribution in [3.63, 3.8) is 0 Å². The molecule has 4 rings (SSSR count). The molecule has 198 valence electrons. The highest BCUT2D eigenvalue weighted by molar-refractivity contribution is 5.85. The van der Waals surface area contributed by atoms with Crippen molar-refractivity contribution < 1.29 is 23.0 Å². The Bertz CT molecular complexity index is 971. The number of methoxy groups -OCH3 is 1. The zero-order valence-corrected chi connectivity index (χ0v) is 22.0. The lowest BCUT2D eigenvalue weighted by Gasteiger charge is -2.33. The summed E-state index contributed by atoms with van der Waals surface area (Å²) in [6, 6.07) is 10.0. The number of fused-ring (bicyclic) bond motifs is 1. The number of hydrogen-bond acceptors (Lipinski definition) is 4. The predicted octanol–water partition coefficient (Wildman–Crippen LogP) is 7.82. The highest BCUT2D eigenvalue weighted by atomic mass is 35.5. The number of allylic oxidation sites excluding steroid dienone is 2. The SMILES string of the molecule is C1=CCOC=C1.CCCCCCCC1CC(NCc2ccc(F)c(F)c2)c2ccc(OC)cc2O1.Cl. The first kappa shape index (κ1) is 29.7. The lowest BCUT2D eigenvalue weighted by atomic mass is 9.93. The zero-order valence-electron chi connectivity index (χ0n) is 21.2. The molecule has 0 spiro atoms. The van der Waals surface area contributed by atoms with Crippen LogP contribution in [0.4, 0.5) is 8.78 Å². The Morgan fingerprint density at radius 2 is 1.83 bits per heavy atom. The van der Waals surface area contributed by atoms with Crippen LogP contribution in [0.15, 0.2) is 60.9 Å². The van der Waals surface area contributed by atoms with E-state index in [1.807, 2.05) is 36.4 Å². The normalized spacial score (nSPS) is 17.6. The number of benzene rings is 2. The molecule has 1 N–H and O–H groups in total. The van der Waals surface area contributed by atoms with E-state index in [1.165, 1.54) is 37.8 Å². The summed E-state index contributed by atoms with van der Waals surface area (Å²) >= 11 is 0. The molecule has 0 radical (unpaired) electrons. The summed E-state index contributed by atoms with van der Waals surface area (Å²) in [5.41, 5.74) is 1.80. The minimum atomic E-state index is -0.819. The summed E-state index contributed by atoms with van der Waals surface area (Å²) in [5, 5.41) is 3.51. The Hall–Kier alpha value is -2.57. The minimum Gasteiger partial charge on any atom is -0.497 e. The van der Waals surface area contributed by atoms with Gasteiger partial charge in [-0.3, -0.25) is 0 Å². The van der Waals surface area contributed by atoms with Gasteiger partial charge in [0, 0.05) is 30.6 Å². The van der Waals surface area contributed by atoms with E-state index in [4.69, 9.17) is 14.2 Å². The van der Waals surface area contributed by atoms with Crippen LogP contribution in [0.25, 0.3) is 0 Å². The lowest BCUT2D eigenvalue weighted by Crippen LogP contribution is -2.33. The molecule has 0 bridgehead atoms. The molecule has 2 unspecified atom stereocenters. The minimum absolute atomic E-state index is 0. The van der Waals surface area contributed by atoms with Crippen molar-refractivity contribution in [3.05, 3.63) is 83.6 Å². The van der Waals surface area contributed by atoms with Crippen LogP contribution in [0.2, 0.25) is 0 Å². The van der Waals surface area contributed by atoms with E-state index in [9.17, 15) is 8.78 Å². The van der Waals surface area contributed by atoms with Crippen molar-refractivity contribution in [2.45, 2.75) is 70.6 Å². The fourth-order valence-corrected chi connectivity index (χ4v) is 4.23. The molecule has 4 nitrogen and oxygen atoms in total. The maximum atomic E-state index is 13.5. The Kier molecular flexibility index (Phi) is 13.4. The van der Waals surface area contributed by atoms with Gasteiger partial charge < -0.3 is 19.5 Å². The van der Waals surface area contributed by atoms with Crippen molar-refractivity contribution >= 4 is 12.4 Å².